The first-order valence-electron chi connectivity index (χ1n) is 9.78. The molecule has 0 unspecified atom stereocenters. The van der Waals surface area contributed by atoms with E-state index in [1.165, 1.54) is 0 Å². The number of benzene rings is 1. The molecule has 0 saturated carbocycles. The molecule has 2 aromatic heterocycles. The van der Waals surface area contributed by atoms with Crippen LogP contribution in [0.5, 0.6) is 0 Å². The van der Waals surface area contributed by atoms with E-state index in [9.17, 15) is 0 Å². The van der Waals surface area contributed by atoms with Gasteiger partial charge in [-0.25, -0.2) is 15.0 Å². The Kier molecular flexibility index (Phi) is 6.11. The molecule has 0 atom stereocenters. The van der Waals surface area contributed by atoms with Crippen LogP contribution in [0.3, 0.4) is 0 Å². The summed E-state index contributed by atoms with van der Waals surface area (Å²) in [6, 6.07) is 14.0. The van der Waals surface area contributed by atoms with Crippen molar-refractivity contribution >= 4 is 17.7 Å². The first kappa shape index (κ1) is 19.1. The number of aromatic nitrogens is 4. The highest BCUT2D eigenvalue weighted by molar-refractivity contribution is 5.64. The lowest BCUT2D eigenvalue weighted by Crippen LogP contribution is -2.47. The van der Waals surface area contributed by atoms with Crippen LogP contribution in [0.1, 0.15) is 0 Å². The zero-order valence-electron chi connectivity index (χ0n) is 16.5. The van der Waals surface area contributed by atoms with Gasteiger partial charge < -0.3 is 19.9 Å². The Hall–Kier alpha value is -3.26. The van der Waals surface area contributed by atoms with Gasteiger partial charge in [0.25, 0.3) is 0 Å². The van der Waals surface area contributed by atoms with E-state index in [1.54, 1.807) is 19.5 Å². The lowest BCUT2D eigenvalue weighted by atomic mass is 10.1. The van der Waals surface area contributed by atoms with E-state index in [-0.39, 0.29) is 0 Å². The number of nitrogens with one attached hydrogen (secondary N) is 1. The van der Waals surface area contributed by atoms with Gasteiger partial charge in [0.2, 0.25) is 11.9 Å². The monoisotopic (exact) mass is 391 g/mol. The number of rotatable bonds is 7. The third-order valence-electron chi connectivity index (χ3n) is 4.79. The van der Waals surface area contributed by atoms with E-state index in [0.29, 0.717) is 13.2 Å². The smallest absolute Gasteiger partial charge is 0.227 e. The molecule has 0 aliphatic carbocycles. The molecule has 150 valence electrons. The summed E-state index contributed by atoms with van der Waals surface area (Å²) < 4.78 is 5.15. The lowest BCUT2D eigenvalue weighted by Gasteiger charge is -2.34. The fourth-order valence-electron chi connectivity index (χ4n) is 3.27. The number of methoxy groups -OCH3 is 1. The summed E-state index contributed by atoms with van der Waals surface area (Å²) in [6.45, 7) is 4.60. The Labute approximate surface area is 170 Å². The van der Waals surface area contributed by atoms with Crippen LogP contribution in [0.4, 0.5) is 17.7 Å². The number of ether oxygens (including phenoxy) is 1. The van der Waals surface area contributed by atoms with Crippen molar-refractivity contribution in [1.29, 1.82) is 0 Å². The second kappa shape index (κ2) is 9.29. The Morgan fingerprint density at radius 1 is 0.897 bits per heavy atom. The average molecular weight is 391 g/mol. The second-order valence-electron chi connectivity index (χ2n) is 6.75. The van der Waals surface area contributed by atoms with Crippen LogP contribution in [0, 0.1) is 0 Å². The van der Waals surface area contributed by atoms with Crippen LogP contribution < -0.4 is 15.1 Å². The first-order chi connectivity index (χ1) is 14.3. The van der Waals surface area contributed by atoms with Crippen molar-refractivity contribution in [1.82, 2.24) is 19.9 Å². The summed E-state index contributed by atoms with van der Waals surface area (Å²) in [7, 11) is 1.69. The van der Waals surface area contributed by atoms with E-state index in [0.717, 1.165) is 55.2 Å². The second-order valence-corrected chi connectivity index (χ2v) is 6.75. The van der Waals surface area contributed by atoms with Gasteiger partial charge in [-0.1, -0.05) is 30.3 Å². The standard InChI is InChI=1S/C21H25N7O/c1-29-15-10-22-19-16-18(17-6-3-2-4-7-17)25-21(26-19)28-13-11-27(12-14-28)20-23-8-5-9-24-20/h2-9,16H,10-15H2,1H3,(H,22,25,26). The zero-order chi connectivity index (χ0) is 19.9. The quantitative estimate of drug-likeness (QED) is 0.615. The van der Waals surface area contributed by atoms with Gasteiger partial charge in [-0.2, -0.15) is 4.98 Å². The molecule has 1 saturated heterocycles. The molecule has 29 heavy (non-hydrogen) atoms. The largest absolute Gasteiger partial charge is 0.383 e. The van der Waals surface area contributed by atoms with Crippen LogP contribution in [-0.2, 0) is 4.74 Å². The molecule has 0 radical (unpaired) electrons. The van der Waals surface area contributed by atoms with Crippen molar-refractivity contribution in [2.45, 2.75) is 0 Å². The molecule has 3 aromatic rings. The SMILES string of the molecule is COCCNc1cc(-c2ccccc2)nc(N2CCN(c3ncccn3)CC2)n1. The predicted molar refractivity (Wildman–Crippen MR) is 114 cm³/mol. The molecule has 1 aromatic carbocycles. The van der Waals surface area contributed by atoms with Crippen LogP contribution in [-0.4, -0.2) is 66.4 Å². The Balaban J connectivity index is 1.53. The minimum absolute atomic E-state index is 0.621. The molecule has 0 spiro atoms. The van der Waals surface area contributed by atoms with Gasteiger partial charge in [-0.3, -0.25) is 0 Å². The minimum atomic E-state index is 0.621. The van der Waals surface area contributed by atoms with Gasteiger partial charge in [-0.15, -0.1) is 0 Å². The van der Waals surface area contributed by atoms with Crippen LogP contribution in [0.2, 0.25) is 0 Å². The summed E-state index contributed by atoms with van der Waals surface area (Å²) >= 11 is 0. The minimum Gasteiger partial charge on any atom is -0.383 e. The van der Waals surface area contributed by atoms with E-state index >= 15 is 0 Å². The molecule has 8 heteroatoms. The molecular weight excluding hydrogens is 366 g/mol. The molecule has 1 aliphatic heterocycles. The highest BCUT2D eigenvalue weighted by Crippen LogP contribution is 2.24. The van der Waals surface area contributed by atoms with Gasteiger partial charge in [0, 0.05) is 63.9 Å². The van der Waals surface area contributed by atoms with Gasteiger partial charge in [-0.05, 0) is 6.07 Å². The topological polar surface area (TPSA) is 79.3 Å². The normalized spacial score (nSPS) is 14.1. The molecule has 1 fully saturated rings. The molecule has 8 nitrogen and oxygen atoms in total. The highest BCUT2D eigenvalue weighted by atomic mass is 16.5. The summed E-state index contributed by atoms with van der Waals surface area (Å²) in [4.78, 5) is 22.7. The fourth-order valence-corrected chi connectivity index (χ4v) is 3.27. The number of piperazine rings is 1. The van der Waals surface area contributed by atoms with Crippen molar-refractivity contribution in [3.63, 3.8) is 0 Å². The van der Waals surface area contributed by atoms with Crippen molar-refractivity contribution in [3.8, 4) is 11.3 Å². The third-order valence-corrected chi connectivity index (χ3v) is 4.79. The highest BCUT2D eigenvalue weighted by Gasteiger charge is 2.21. The Bertz CT molecular complexity index is 899. The van der Waals surface area contributed by atoms with E-state index in [1.807, 2.05) is 30.3 Å². The molecule has 1 N–H and O–H groups in total. The Morgan fingerprint density at radius 3 is 2.28 bits per heavy atom. The lowest BCUT2D eigenvalue weighted by molar-refractivity contribution is 0.210. The summed E-state index contributed by atoms with van der Waals surface area (Å²) in [5.74, 6) is 2.31. The van der Waals surface area contributed by atoms with E-state index in [4.69, 9.17) is 14.7 Å². The maximum Gasteiger partial charge on any atom is 0.227 e. The summed E-state index contributed by atoms with van der Waals surface area (Å²) in [5, 5.41) is 3.34. The summed E-state index contributed by atoms with van der Waals surface area (Å²) in [6.07, 6.45) is 3.55. The number of hydrogen-bond acceptors (Lipinski definition) is 8. The fraction of sp³-hybridized carbons (Fsp3) is 0.333. The molecule has 1 aliphatic rings. The predicted octanol–water partition coefficient (Wildman–Crippen LogP) is 2.32. The van der Waals surface area contributed by atoms with Gasteiger partial charge in [0.15, 0.2) is 0 Å². The van der Waals surface area contributed by atoms with Gasteiger partial charge in [0.1, 0.15) is 5.82 Å². The molecular formula is C21H25N7O. The number of hydrogen-bond donors (Lipinski definition) is 1. The van der Waals surface area contributed by atoms with Crippen molar-refractivity contribution in [2.24, 2.45) is 0 Å². The zero-order valence-corrected chi connectivity index (χ0v) is 16.5. The first-order valence-corrected chi connectivity index (χ1v) is 9.78. The van der Waals surface area contributed by atoms with E-state index < -0.39 is 0 Å². The van der Waals surface area contributed by atoms with Crippen molar-refractivity contribution in [2.75, 3.05) is 61.6 Å². The molecule has 3 heterocycles. The van der Waals surface area contributed by atoms with Crippen LogP contribution >= 0.6 is 0 Å². The van der Waals surface area contributed by atoms with Gasteiger partial charge >= 0.3 is 0 Å². The Morgan fingerprint density at radius 2 is 1.59 bits per heavy atom. The van der Waals surface area contributed by atoms with E-state index in [2.05, 4.69) is 37.2 Å². The maximum atomic E-state index is 5.15. The van der Waals surface area contributed by atoms with Crippen LogP contribution in [0.15, 0.2) is 54.9 Å². The van der Waals surface area contributed by atoms with Crippen molar-refractivity contribution in [3.05, 3.63) is 54.9 Å². The number of anilines is 3. The third kappa shape index (κ3) is 4.78. The average Bonchev–Trinajstić information content (AvgIpc) is 2.80. The molecule has 4 rings (SSSR count). The van der Waals surface area contributed by atoms with Crippen molar-refractivity contribution < 1.29 is 4.74 Å². The van der Waals surface area contributed by atoms with Gasteiger partial charge in [0.05, 0.1) is 12.3 Å². The van der Waals surface area contributed by atoms with Crippen LogP contribution in [0.25, 0.3) is 11.3 Å². The molecule has 0 bridgehead atoms. The number of nitrogens with zero attached hydrogens (tertiary/aromatic N) is 6. The summed E-state index contributed by atoms with van der Waals surface area (Å²) in [5.41, 5.74) is 1.98. The maximum absolute atomic E-state index is 5.15. The molecule has 0 amide bonds.